The Labute approximate surface area is 248 Å². The van der Waals surface area contributed by atoms with Gasteiger partial charge in [-0.1, -0.05) is 39.0 Å². The predicted molar refractivity (Wildman–Crippen MR) is 162 cm³/mol. The summed E-state index contributed by atoms with van der Waals surface area (Å²) in [6.45, 7) is 2.24. The first-order valence-corrected chi connectivity index (χ1v) is 14.9. The van der Waals surface area contributed by atoms with Gasteiger partial charge in [-0.2, -0.15) is 0 Å². The summed E-state index contributed by atoms with van der Waals surface area (Å²) in [5, 5.41) is 0. The molecule has 0 fully saturated rings. The summed E-state index contributed by atoms with van der Waals surface area (Å²) < 4.78 is 41.8. The fraction of sp³-hybridized carbons (Fsp3) is 0.222. The van der Waals surface area contributed by atoms with Gasteiger partial charge in [0.15, 0.2) is 69.1 Å². The summed E-state index contributed by atoms with van der Waals surface area (Å²) in [4.78, 5) is 0. The van der Waals surface area contributed by atoms with Crippen LogP contribution in [-0.2, 0) is 6.42 Å². The molecule has 0 saturated carbocycles. The zero-order chi connectivity index (χ0) is 29.0. The lowest BCUT2D eigenvalue weighted by atomic mass is 10.0. The Morgan fingerprint density at radius 3 is 1.37 bits per heavy atom. The number of aryl methyl sites for hydroxylation is 1. The first-order chi connectivity index (χ1) is 21.2. The third kappa shape index (κ3) is 5.71. The molecule has 7 rings (SSSR count). The second-order valence-corrected chi connectivity index (χ2v) is 10.6. The summed E-state index contributed by atoms with van der Waals surface area (Å²) in [5.41, 5.74) is 1.08. The van der Waals surface area contributed by atoms with E-state index >= 15 is 0 Å². The minimum atomic E-state index is 0.605. The van der Waals surface area contributed by atoms with Crippen molar-refractivity contribution in [3.8, 4) is 69.1 Å². The van der Waals surface area contributed by atoms with E-state index in [2.05, 4.69) is 13.0 Å². The molecule has 218 valence electrons. The van der Waals surface area contributed by atoms with Gasteiger partial charge in [-0.3, -0.25) is 0 Å². The van der Waals surface area contributed by atoms with Crippen LogP contribution < -0.4 is 0 Å². The maximum atomic E-state index is 6.43. The molecule has 0 aliphatic carbocycles. The van der Waals surface area contributed by atoms with Crippen LogP contribution in [0.1, 0.15) is 51.0 Å². The molecule has 0 amide bonds. The van der Waals surface area contributed by atoms with E-state index in [1.165, 1.54) is 32.1 Å². The molecule has 7 aromatic heterocycles. The molecule has 7 aromatic rings. The van der Waals surface area contributed by atoms with E-state index in [4.69, 9.17) is 30.9 Å². The smallest absolute Gasteiger partial charge is 0.173 e. The molecule has 7 heteroatoms. The van der Waals surface area contributed by atoms with Gasteiger partial charge in [0.25, 0.3) is 0 Å². The minimum absolute atomic E-state index is 0.605. The molecule has 0 radical (unpaired) electrons. The third-order valence-electron chi connectivity index (χ3n) is 7.51. The van der Waals surface area contributed by atoms with Gasteiger partial charge < -0.3 is 30.9 Å². The Hall–Kier alpha value is -5.04. The van der Waals surface area contributed by atoms with Gasteiger partial charge in [-0.05, 0) is 91.7 Å². The van der Waals surface area contributed by atoms with Crippen LogP contribution >= 0.6 is 0 Å². The molecule has 7 nitrogen and oxygen atoms in total. The van der Waals surface area contributed by atoms with Crippen LogP contribution in [0.2, 0.25) is 0 Å². The van der Waals surface area contributed by atoms with Crippen molar-refractivity contribution >= 4 is 0 Å². The Kier molecular flexibility index (Phi) is 7.52. The lowest BCUT2D eigenvalue weighted by molar-refractivity contribution is 0.490. The van der Waals surface area contributed by atoms with Crippen LogP contribution in [0, 0.1) is 0 Å². The Balaban J connectivity index is 1.15. The molecule has 0 bridgehead atoms. The highest BCUT2D eigenvalue weighted by Gasteiger charge is 2.21. The van der Waals surface area contributed by atoms with Gasteiger partial charge >= 0.3 is 0 Å². The highest BCUT2D eigenvalue weighted by Crippen LogP contribution is 2.39. The highest BCUT2D eigenvalue weighted by atomic mass is 16.4. The molecule has 0 saturated heterocycles. The summed E-state index contributed by atoms with van der Waals surface area (Å²) in [6, 6.07) is 24.5. The number of unbranched alkanes of at least 4 members (excludes halogenated alkanes) is 5. The van der Waals surface area contributed by atoms with Crippen LogP contribution in [0.3, 0.4) is 0 Å². The molecule has 43 heavy (non-hydrogen) atoms. The lowest BCUT2D eigenvalue weighted by Gasteiger charge is -2.01. The van der Waals surface area contributed by atoms with Crippen molar-refractivity contribution in [1.82, 2.24) is 0 Å². The van der Waals surface area contributed by atoms with Crippen LogP contribution in [0.5, 0.6) is 0 Å². The molecule has 0 aliphatic heterocycles. The van der Waals surface area contributed by atoms with Crippen molar-refractivity contribution in [2.45, 2.75) is 51.9 Å². The molecular weight excluding hydrogens is 544 g/mol. The quantitative estimate of drug-likeness (QED) is 0.126. The molecular formula is C36H32O7. The highest BCUT2D eigenvalue weighted by molar-refractivity contribution is 5.68. The van der Waals surface area contributed by atoms with Crippen molar-refractivity contribution in [3.63, 3.8) is 0 Å². The van der Waals surface area contributed by atoms with Gasteiger partial charge in [0, 0.05) is 5.56 Å². The number of furan rings is 7. The van der Waals surface area contributed by atoms with Crippen molar-refractivity contribution < 1.29 is 30.9 Å². The standard InChI is InChI=1S/C36H32O7/c1-2-3-4-5-6-7-10-24-23-35(33-18-17-30(41-33)29-15-13-27(39-29)25-11-8-21-37-25)43-36(24)34-20-19-32(42-34)31-16-14-28(40-31)26-12-9-22-38-26/h8-9,11-23H,2-7,10H2,1H3. The van der Waals surface area contributed by atoms with E-state index in [1.54, 1.807) is 12.5 Å². The number of hydrogen-bond donors (Lipinski definition) is 0. The summed E-state index contributed by atoms with van der Waals surface area (Å²) >= 11 is 0. The van der Waals surface area contributed by atoms with Crippen LogP contribution in [-0.4, -0.2) is 0 Å². The summed E-state index contributed by atoms with van der Waals surface area (Å²) in [5.74, 6) is 7.64. The average Bonchev–Trinajstić information content (AvgIpc) is 3.88. The largest absolute Gasteiger partial charge is 0.461 e. The van der Waals surface area contributed by atoms with Crippen molar-refractivity contribution in [2.24, 2.45) is 0 Å². The van der Waals surface area contributed by atoms with Crippen LogP contribution in [0.15, 0.2) is 122 Å². The van der Waals surface area contributed by atoms with Gasteiger partial charge in [-0.25, -0.2) is 0 Å². The van der Waals surface area contributed by atoms with Gasteiger partial charge in [0.1, 0.15) is 0 Å². The van der Waals surface area contributed by atoms with Gasteiger partial charge in [0.05, 0.1) is 12.5 Å². The molecule has 0 aromatic carbocycles. The number of rotatable bonds is 13. The molecule has 0 N–H and O–H groups in total. The average molecular weight is 577 g/mol. The fourth-order valence-electron chi connectivity index (χ4n) is 5.28. The normalized spacial score (nSPS) is 11.6. The van der Waals surface area contributed by atoms with E-state index in [0.717, 1.165) is 18.4 Å². The topological polar surface area (TPSA) is 92.0 Å². The van der Waals surface area contributed by atoms with E-state index in [-0.39, 0.29) is 0 Å². The third-order valence-corrected chi connectivity index (χ3v) is 7.51. The maximum Gasteiger partial charge on any atom is 0.173 e. The first kappa shape index (κ1) is 26.8. The van der Waals surface area contributed by atoms with Gasteiger partial charge in [0.2, 0.25) is 0 Å². The zero-order valence-corrected chi connectivity index (χ0v) is 24.0. The van der Waals surface area contributed by atoms with Crippen molar-refractivity contribution in [2.75, 3.05) is 0 Å². The van der Waals surface area contributed by atoms with Crippen LogP contribution in [0.25, 0.3) is 69.1 Å². The van der Waals surface area contributed by atoms with E-state index in [1.807, 2.05) is 72.8 Å². The summed E-state index contributed by atoms with van der Waals surface area (Å²) in [6.07, 6.45) is 11.4. The fourth-order valence-corrected chi connectivity index (χ4v) is 5.28. The SMILES string of the molecule is CCCCCCCCc1cc(-c2ccc(-c3ccc(-c4ccco4)o3)o2)oc1-c1ccc(-c2ccc(-c3ccco3)o2)o1. The Morgan fingerprint density at radius 2 is 0.860 bits per heavy atom. The maximum absolute atomic E-state index is 6.43. The molecule has 0 aliphatic rings. The van der Waals surface area contributed by atoms with E-state index in [0.29, 0.717) is 69.1 Å². The van der Waals surface area contributed by atoms with E-state index < -0.39 is 0 Å². The van der Waals surface area contributed by atoms with Crippen LogP contribution in [0.4, 0.5) is 0 Å². The summed E-state index contributed by atoms with van der Waals surface area (Å²) in [7, 11) is 0. The molecule has 0 atom stereocenters. The minimum Gasteiger partial charge on any atom is -0.461 e. The predicted octanol–water partition coefficient (Wildman–Crippen LogP) is 11.7. The monoisotopic (exact) mass is 576 g/mol. The van der Waals surface area contributed by atoms with Crippen molar-refractivity contribution in [3.05, 3.63) is 97.0 Å². The number of hydrogen-bond acceptors (Lipinski definition) is 7. The van der Waals surface area contributed by atoms with Gasteiger partial charge in [-0.15, -0.1) is 0 Å². The first-order valence-electron chi connectivity index (χ1n) is 14.9. The zero-order valence-electron chi connectivity index (χ0n) is 24.0. The molecule has 0 unspecified atom stereocenters. The second-order valence-electron chi connectivity index (χ2n) is 10.6. The van der Waals surface area contributed by atoms with E-state index in [9.17, 15) is 0 Å². The molecule has 7 heterocycles. The van der Waals surface area contributed by atoms with Crippen molar-refractivity contribution in [1.29, 1.82) is 0 Å². The lowest BCUT2D eigenvalue weighted by Crippen LogP contribution is -1.86. The second kappa shape index (κ2) is 12.1. The Bertz CT molecular complexity index is 1860. The Morgan fingerprint density at radius 1 is 0.419 bits per heavy atom. The molecule has 0 spiro atoms.